The van der Waals surface area contributed by atoms with Crippen molar-refractivity contribution in [2.24, 2.45) is 7.05 Å². The van der Waals surface area contributed by atoms with Gasteiger partial charge in [-0.2, -0.15) is 0 Å². The van der Waals surface area contributed by atoms with E-state index in [1.807, 2.05) is 29.9 Å². The lowest BCUT2D eigenvalue weighted by Gasteiger charge is -2.11. The molecule has 1 N–H and O–H groups in total. The summed E-state index contributed by atoms with van der Waals surface area (Å²) in [5.41, 5.74) is 1.40. The fourth-order valence-corrected chi connectivity index (χ4v) is 4.30. The third-order valence-electron chi connectivity index (χ3n) is 5.23. The molecule has 1 aliphatic heterocycles. The Hall–Kier alpha value is -4.11. The number of anilines is 1. The van der Waals surface area contributed by atoms with Gasteiger partial charge in [-0.05, 0) is 54.6 Å². The molecule has 1 aliphatic rings. The van der Waals surface area contributed by atoms with Gasteiger partial charge in [0.1, 0.15) is 5.76 Å². The molecule has 0 unspecified atom stereocenters. The van der Waals surface area contributed by atoms with Crippen LogP contribution >= 0.6 is 11.8 Å². The third kappa shape index (κ3) is 4.06. The van der Waals surface area contributed by atoms with Gasteiger partial charge in [0.05, 0.1) is 23.9 Å². The number of hydrogen-bond donors (Lipinski definition) is 1. The van der Waals surface area contributed by atoms with Crippen LogP contribution in [-0.2, 0) is 13.6 Å². The largest absolute Gasteiger partial charge is 0.467 e. The Bertz CT molecular complexity index is 1360. The second-order valence-corrected chi connectivity index (χ2v) is 8.48. The number of nitrogens with zero attached hydrogens (tertiary/aromatic N) is 3. The van der Waals surface area contributed by atoms with E-state index in [0.717, 1.165) is 15.0 Å². The molecular formula is C24H18N4O4S. The van der Waals surface area contributed by atoms with Gasteiger partial charge >= 0.3 is 0 Å². The molecule has 0 radical (unpaired) electrons. The van der Waals surface area contributed by atoms with Crippen LogP contribution in [0.4, 0.5) is 5.69 Å². The van der Waals surface area contributed by atoms with Crippen molar-refractivity contribution in [1.82, 2.24) is 14.5 Å². The summed E-state index contributed by atoms with van der Waals surface area (Å²) in [5.74, 6) is -0.713. The Balaban J connectivity index is 1.29. The average Bonchev–Trinajstić information content (AvgIpc) is 3.53. The first-order valence-electron chi connectivity index (χ1n) is 10.1. The van der Waals surface area contributed by atoms with Gasteiger partial charge in [-0.3, -0.25) is 19.3 Å². The lowest BCUT2D eigenvalue weighted by atomic mass is 10.1. The molecule has 8 nitrogen and oxygen atoms in total. The molecule has 0 atom stereocenters. The van der Waals surface area contributed by atoms with Crippen LogP contribution in [0.5, 0.6) is 0 Å². The third-order valence-corrected chi connectivity index (χ3v) is 6.31. The molecule has 0 saturated heterocycles. The highest BCUT2D eigenvalue weighted by atomic mass is 32.2. The van der Waals surface area contributed by atoms with Crippen LogP contribution in [0.25, 0.3) is 0 Å². The Morgan fingerprint density at radius 2 is 1.85 bits per heavy atom. The lowest BCUT2D eigenvalue weighted by molar-refractivity contribution is 0.0631. The van der Waals surface area contributed by atoms with Crippen LogP contribution in [-0.4, -0.2) is 32.2 Å². The van der Waals surface area contributed by atoms with Gasteiger partial charge in [-0.1, -0.05) is 11.8 Å². The second kappa shape index (κ2) is 8.44. The van der Waals surface area contributed by atoms with Crippen molar-refractivity contribution in [2.45, 2.75) is 16.6 Å². The molecule has 9 heteroatoms. The van der Waals surface area contributed by atoms with Crippen LogP contribution in [0.1, 0.15) is 36.8 Å². The van der Waals surface area contributed by atoms with Gasteiger partial charge in [-0.15, -0.1) is 0 Å². The minimum absolute atomic E-state index is 0.0452. The van der Waals surface area contributed by atoms with E-state index in [2.05, 4.69) is 10.3 Å². The van der Waals surface area contributed by atoms with Crippen molar-refractivity contribution < 1.29 is 18.8 Å². The summed E-state index contributed by atoms with van der Waals surface area (Å²) in [6.07, 6.45) is 5.10. The summed E-state index contributed by atoms with van der Waals surface area (Å²) in [6.45, 7) is 0.0452. The van der Waals surface area contributed by atoms with Gasteiger partial charge in [0, 0.05) is 35.6 Å². The number of fused-ring (bicyclic) bond motifs is 1. The molecule has 3 amide bonds. The number of carbonyl (C=O) groups excluding carboxylic acids is 3. The number of carbonyl (C=O) groups is 3. The first kappa shape index (κ1) is 20.8. The predicted octanol–water partition coefficient (Wildman–Crippen LogP) is 4.21. The minimum Gasteiger partial charge on any atom is -0.467 e. The monoisotopic (exact) mass is 458 g/mol. The highest BCUT2D eigenvalue weighted by molar-refractivity contribution is 7.99. The number of amides is 3. The fourth-order valence-electron chi connectivity index (χ4n) is 3.50. The first-order valence-corrected chi connectivity index (χ1v) is 10.9. The summed E-state index contributed by atoms with van der Waals surface area (Å²) in [4.78, 5) is 44.6. The van der Waals surface area contributed by atoms with Crippen LogP contribution in [0, 0.1) is 0 Å². The number of furan rings is 1. The van der Waals surface area contributed by atoms with Crippen LogP contribution in [0.3, 0.4) is 0 Å². The zero-order chi connectivity index (χ0) is 22.9. The molecule has 0 fully saturated rings. The lowest BCUT2D eigenvalue weighted by Crippen LogP contribution is -2.28. The zero-order valence-corrected chi connectivity index (χ0v) is 18.3. The van der Waals surface area contributed by atoms with E-state index >= 15 is 0 Å². The number of aromatic nitrogens is 2. The van der Waals surface area contributed by atoms with Crippen LogP contribution in [0.2, 0.25) is 0 Å². The molecule has 4 aromatic rings. The van der Waals surface area contributed by atoms with Gasteiger partial charge in [-0.25, -0.2) is 4.98 Å². The second-order valence-electron chi connectivity index (χ2n) is 7.44. The molecule has 2 aromatic heterocycles. The van der Waals surface area contributed by atoms with E-state index in [1.54, 1.807) is 36.5 Å². The standard InChI is InChI=1S/C24H18N4O4S/c1-27-11-10-25-24(27)33-18-7-5-16(6-8-18)26-21(29)15-4-9-19-20(13-15)23(31)28(22(19)30)14-17-3-2-12-32-17/h2-13H,14H2,1H3,(H,26,29). The maximum atomic E-state index is 12.8. The molecule has 3 heterocycles. The number of rotatable bonds is 6. The fraction of sp³-hybridized carbons (Fsp3) is 0.0833. The minimum atomic E-state index is -0.447. The summed E-state index contributed by atoms with van der Waals surface area (Å²) < 4.78 is 7.17. The molecule has 5 rings (SSSR count). The molecule has 33 heavy (non-hydrogen) atoms. The molecule has 0 bridgehead atoms. The van der Waals surface area contributed by atoms with Crippen molar-refractivity contribution in [3.8, 4) is 0 Å². The summed E-state index contributed by atoms with van der Waals surface area (Å²) in [5, 5.41) is 3.69. The van der Waals surface area contributed by atoms with Crippen LogP contribution in [0.15, 0.2) is 87.7 Å². The van der Waals surface area contributed by atoms with E-state index in [4.69, 9.17) is 4.42 Å². The Morgan fingerprint density at radius 1 is 1.06 bits per heavy atom. The summed E-state index contributed by atoms with van der Waals surface area (Å²) in [6, 6.07) is 15.3. The maximum Gasteiger partial charge on any atom is 0.261 e. The van der Waals surface area contributed by atoms with Crippen molar-refractivity contribution in [3.63, 3.8) is 0 Å². The number of nitrogens with one attached hydrogen (secondary N) is 1. The van der Waals surface area contributed by atoms with E-state index in [9.17, 15) is 14.4 Å². The number of aryl methyl sites for hydroxylation is 1. The van der Waals surface area contributed by atoms with E-state index in [-0.39, 0.29) is 23.6 Å². The quantitative estimate of drug-likeness (QED) is 0.435. The van der Waals surface area contributed by atoms with Crippen molar-refractivity contribution in [2.75, 3.05) is 5.32 Å². The summed E-state index contributed by atoms with van der Waals surface area (Å²) in [7, 11) is 1.93. The van der Waals surface area contributed by atoms with Gasteiger partial charge in [0.25, 0.3) is 17.7 Å². The topological polar surface area (TPSA) is 97.4 Å². The Morgan fingerprint density at radius 3 is 2.55 bits per heavy atom. The number of imide groups is 1. The predicted molar refractivity (Wildman–Crippen MR) is 121 cm³/mol. The van der Waals surface area contributed by atoms with Gasteiger partial charge in [0.15, 0.2) is 5.16 Å². The Kier molecular flexibility index (Phi) is 5.31. The SMILES string of the molecule is Cn1ccnc1Sc1ccc(NC(=O)c2ccc3c(c2)C(=O)N(Cc2ccco2)C3=O)cc1. The highest BCUT2D eigenvalue weighted by Gasteiger charge is 2.36. The molecule has 0 aliphatic carbocycles. The Labute approximate surface area is 193 Å². The van der Waals surface area contributed by atoms with Crippen molar-refractivity contribution in [3.05, 3.63) is 95.7 Å². The average molecular weight is 458 g/mol. The van der Waals surface area contributed by atoms with Gasteiger partial charge < -0.3 is 14.3 Å². The molecule has 2 aromatic carbocycles. The van der Waals surface area contributed by atoms with Crippen molar-refractivity contribution in [1.29, 1.82) is 0 Å². The summed E-state index contributed by atoms with van der Waals surface area (Å²) >= 11 is 1.52. The number of benzene rings is 2. The highest BCUT2D eigenvalue weighted by Crippen LogP contribution is 2.28. The smallest absolute Gasteiger partial charge is 0.261 e. The van der Waals surface area contributed by atoms with E-state index in [0.29, 0.717) is 17.0 Å². The normalized spacial score (nSPS) is 12.8. The van der Waals surface area contributed by atoms with Gasteiger partial charge in [0.2, 0.25) is 0 Å². The molecule has 0 spiro atoms. The zero-order valence-electron chi connectivity index (χ0n) is 17.5. The molecule has 164 valence electrons. The van der Waals surface area contributed by atoms with E-state index in [1.165, 1.54) is 30.2 Å². The molecular weight excluding hydrogens is 440 g/mol. The molecule has 0 saturated carbocycles. The maximum absolute atomic E-state index is 12.8. The van der Waals surface area contributed by atoms with Crippen LogP contribution < -0.4 is 5.32 Å². The van der Waals surface area contributed by atoms with Crippen molar-refractivity contribution >= 4 is 35.2 Å². The first-order chi connectivity index (χ1) is 16.0. The van der Waals surface area contributed by atoms with E-state index < -0.39 is 11.8 Å². The number of imidazole rings is 1. The number of hydrogen-bond acceptors (Lipinski definition) is 6.